The molecule has 0 aromatic carbocycles. The summed E-state index contributed by atoms with van der Waals surface area (Å²) < 4.78 is 0. The molecule has 2 heteroatoms. The molecule has 0 saturated carbocycles. The lowest BCUT2D eigenvalue weighted by atomic mass is 9.99. The van der Waals surface area contributed by atoms with Crippen LogP contribution in [-0.4, -0.2) is 11.5 Å². The minimum absolute atomic E-state index is 0.262. The van der Waals surface area contributed by atoms with Gasteiger partial charge in [-0.05, 0) is 30.2 Å². The molecule has 1 heterocycles. The number of aryl methyl sites for hydroxylation is 1. The molecule has 1 N–H and O–H groups in total. The Bertz CT molecular complexity index is 339. The van der Waals surface area contributed by atoms with E-state index in [0.29, 0.717) is 0 Å². The number of hydrogen-bond acceptors (Lipinski definition) is 2. The second kappa shape index (κ2) is 6.21. The molecule has 15 heavy (non-hydrogen) atoms. The van der Waals surface area contributed by atoms with Crippen molar-refractivity contribution in [2.24, 2.45) is 0 Å². The number of hydrogen-bond donors (Lipinski definition) is 1. The van der Waals surface area contributed by atoms with Gasteiger partial charge in [0.05, 0.1) is 0 Å². The number of nitrogens with zero attached hydrogens (tertiary/aromatic N) is 1. The zero-order valence-corrected chi connectivity index (χ0v) is 9.46. The minimum Gasteiger partial charge on any atom is -0.309 e. The van der Waals surface area contributed by atoms with Crippen LogP contribution in [0.25, 0.3) is 0 Å². The van der Waals surface area contributed by atoms with Gasteiger partial charge < -0.3 is 5.32 Å². The molecule has 0 aliphatic carbocycles. The summed E-state index contributed by atoms with van der Waals surface area (Å²) >= 11 is 0. The van der Waals surface area contributed by atoms with Crippen LogP contribution in [0.1, 0.15) is 37.4 Å². The molecule has 1 unspecified atom stereocenters. The lowest BCUT2D eigenvalue weighted by Gasteiger charge is -2.18. The smallest absolute Gasteiger partial charge is 0.0434 e. The van der Waals surface area contributed by atoms with Gasteiger partial charge in [0.15, 0.2) is 0 Å². The predicted molar refractivity (Wildman–Crippen MR) is 63.5 cm³/mol. The van der Waals surface area contributed by atoms with E-state index < -0.39 is 0 Å². The van der Waals surface area contributed by atoms with Crippen molar-refractivity contribution in [3.63, 3.8) is 0 Å². The number of nitrogens with one attached hydrogen (secondary N) is 1. The van der Waals surface area contributed by atoms with E-state index in [0.717, 1.165) is 19.4 Å². The van der Waals surface area contributed by atoms with Crippen LogP contribution < -0.4 is 5.32 Å². The SMILES string of the molecule is C#CCC(NCC)c1ccncc1CC. The largest absolute Gasteiger partial charge is 0.309 e. The van der Waals surface area contributed by atoms with E-state index in [2.05, 4.69) is 36.1 Å². The van der Waals surface area contributed by atoms with Gasteiger partial charge in [-0.25, -0.2) is 0 Å². The summed E-state index contributed by atoms with van der Waals surface area (Å²) in [5, 5.41) is 3.40. The Morgan fingerprint density at radius 1 is 1.53 bits per heavy atom. The molecule has 0 fully saturated rings. The van der Waals surface area contributed by atoms with Crippen molar-refractivity contribution in [1.29, 1.82) is 0 Å². The van der Waals surface area contributed by atoms with Gasteiger partial charge in [0.1, 0.15) is 0 Å². The van der Waals surface area contributed by atoms with Crippen molar-refractivity contribution >= 4 is 0 Å². The monoisotopic (exact) mass is 202 g/mol. The van der Waals surface area contributed by atoms with Crippen LogP contribution in [0.5, 0.6) is 0 Å². The molecule has 1 aromatic heterocycles. The minimum atomic E-state index is 0.262. The third-order valence-electron chi connectivity index (χ3n) is 2.47. The highest BCUT2D eigenvalue weighted by Gasteiger charge is 2.11. The summed E-state index contributed by atoms with van der Waals surface area (Å²) in [6.45, 7) is 5.16. The Kier molecular flexibility index (Phi) is 4.86. The van der Waals surface area contributed by atoms with E-state index in [4.69, 9.17) is 6.42 Å². The van der Waals surface area contributed by atoms with Gasteiger partial charge in [-0.2, -0.15) is 0 Å². The summed E-state index contributed by atoms with van der Waals surface area (Å²) in [6.07, 6.45) is 10.9. The average Bonchev–Trinajstić information content (AvgIpc) is 2.29. The van der Waals surface area contributed by atoms with Gasteiger partial charge in [0.25, 0.3) is 0 Å². The highest BCUT2D eigenvalue weighted by molar-refractivity contribution is 5.27. The van der Waals surface area contributed by atoms with Crippen molar-refractivity contribution in [2.75, 3.05) is 6.54 Å². The average molecular weight is 202 g/mol. The first kappa shape index (κ1) is 11.7. The summed E-state index contributed by atoms with van der Waals surface area (Å²) in [7, 11) is 0. The third-order valence-corrected chi connectivity index (χ3v) is 2.47. The maximum Gasteiger partial charge on any atom is 0.0434 e. The molecule has 0 saturated heterocycles. The Labute approximate surface area is 92.1 Å². The van der Waals surface area contributed by atoms with Crippen LogP contribution in [0.15, 0.2) is 18.5 Å². The highest BCUT2D eigenvalue weighted by atomic mass is 14.9. The predicted octanol–water partition coefficient (Wildman–Crippen LogP) is 2.32. The van der Waals surface area contributed by atoms with Crippen molar-refractivity contribution < 1.29 is 0 Å². The topological polar surface area (TPSA) is 24.9 Å². The lowest BCUT2D eigenvalue weighted by molar-refractivity contribution is 0.560. The lowest BCUT2D eigenvalue weighted by Crippen LogP contribution is -2.21. The molecule has 80 valence electrons. The van der Waals surface area contributed by atoms with E-state index in [-0.39, 0.29) is 6.04 Å². The van der Waals surface area contributed by atoms with E-state index in [9.17, 15) is 0 Å². The molecule has 0 aliphatic rings. The maximum atomic E-state index is 5.38. The summed E-state index contributed by atoms with van der Waals surface area (Å²) in [6, 6.07) is 2.32. The van der Waals surface area contributed by atoms with Gasteiger partial charge >= 0.3 is 0 Å². The van der Waals surface area contributed by atoms with Crippen molar-refractivity contribution in [1.82, 2.24) is 10.3 Å². The summed E-state index contributed by atoms with van der Waals surface area (Å²) in [5.74, 6) is 2.72. The summed E-state index contributed by atoms with van der Waals surface area (Å²) in [4.78, 5) is 4.14. The van der Waals surface area contributed by atoms with Gasteiger partial charge in [-0.15, -0.1) is 12.3 Å². The standard InChI is InChI=1S/C13H18N2/c1-4-7-13(15-6-3)12-8-9-14-10-11(12)5-2/h1,8-10,13,15H,5-7H2,2-3H3. The van der Waals surface area contributed by atoms with E-state index in [1.807, 2.05) is 12.4 Å². The Morgan fingerprint density at radius 3 is 2.93 bits per heavy atom. The van der Waals surface area contributed by atoms with Crippen molar-refractivity contribution in [3.8, 4) is 12.3 Å². The molecule has 1 rings (SSSR count). The molecule has 0 spiro atoms. The molecular weight excluding hydrogens is 184 g/mol. The quantitative estimate of drug-likeness (QED) is 0.741. The van der Waals surface area contributed by atoms with Crippen LogP contribution >= 0.6 is 0 Å². The van der Waals surface area contributed by atoms with Crippen LogP contribution in [0, 0.1) is 12.3 Å². The Morgan fingerprint density at radius 2 is 2.33 bits per heavy atom. The molecule has 1 atom stereocenters. The molecular formula is C13H18N2. The second-order valence-corrected chi connectivity index (χ2v) is 3.45. The van der Waals surface area contributed by atoms with E-state index >= 15 is 0 Å². The van der Waals surface area contributed by atoms with Crippen LogP contribution in [-0.2, 0) is 6.42 Å². The Hall–Kier alpha value is -1.33. The fourth-order valence-corrected chi connectivity index (χ4v) is 1.73. The van der Waals surface area contributed by atoms with Crippen molar-refractivity contribution in [3.05, 3.63) is 29.6 Å². The third kappa shape index (κ3) is 3.07. The first-order valence-electron chi connectivity index (χ1n) is 5.43. The maximum absolute atomic E-state index is 5.38. The normalized spacial score (nSPS) is 12.1. The van der Waals surface area contributed by atoms with Crippen LogP contribution in [0.4, 0.5) is 0 Å². The fraction of sp³-hybridized carbons (Fsp3) is 0.462. The molecule has 1 aromatic rings. The van der Waals surface area contributed by atoms with Crippen molar-refractivity contribution in [2.45, 2.75) is 32.7 Å². The van der Waals surface area contributed by atoms with Gasteiger partial charge in [-0.1, -0.05) is 13.8 Å². The first-order chi connectivity index (χ1) is 7.33. The highest BCUT2D eigenvalue weighted by Crippen LogP contribution is 2.20. The van der Waals surface area contributed by atoms with E-state index in [1.165, 1.54) is 11.1 Å². The number of aromatic nitrogens is 1. The van der Waals surface area contributed by atoms with Gasteiger partial charge in [-0.3, -0.25) is 4.98 Å². The van der Waals surface area contributed by atoms with Gasteiger partial charge in [0, 0.05) is 24.9 Å². The number of rotatable bonds is 5. The van der Waals surface area contributed by atoms with Gasteiger partial charge in [0.2, 0.25) is 0 Å². The number of pyridine rings is 1. The first-order valence-corrected chi connectivity index (χ1v) is 5.43. The second-order valence-electron chi connectivity index (χ2n) is 3.45. The molecule has 0 radical (unpaired) electrons. The Balaban J connectivity index is 2.94. The molecule has 0 bridgehead atoms. The fourth-order valence-electron chi connectivity index (χ4n) is 1.73. The van der Waals surface area contributed by atoms with Crippen LogP contribution in [0.3, 0.4) is 0 Å². The van der Waals surface area contributed by atoms with Crippen LogP contribution in [0.2, 0.25) is 0 Å². The molecule has 0 amide bonds. The molecule has 0 aliphatic heterocycles. The zero-order valence-electron chi connectivity index (χ0n) is 9.46. The zero-order chi connectivity index (χ0) is 11.1. The molecule has 2 nitrogen and oxygen atoms in total. The van der Waals surface area contributed by atoms with E-state index in [1.54, 1.807) is 0 Å². The summed E-state index contributed by atoms with van der Waals surface area (Å²) in [5.41, 5.74) is 2.56. The number of terminal acetylenes is 1.